The van der Waals surface area contributed by atoms with Crippen molar-refractivity contribution in [2.24, 2.45) is 0 Å². The second-order valence-electron chi connectivity index (χ2n) is 5.85. The summed E-state index contributed by atoms with van der Waals surface area (Å²) in [5.74, 6) is 0.696. The van der Waals surface area contributed by atoms with Crippen LogP contribution in [0.25, 0.3) is 0 Å². The predicted molar refractivity (Wildman–Crippen MR) is 81.1 cm³/mol. The van der Waals surface area contributed by atoms with Crippen molar-refractivity contribution >= 4 is 10.0 Å². The summed E-state index contributed by atoms with van der Waals surface area (Å²) in [5.41, 5.74) is 0.815. The first-order chi connectivity index (χ1) is 10.1. The van der Waals surface area contributed by atoms with Crippen molar-refractivity contribution in [1.29, 1.82) is 0 Å². The molecule has 2 N–H and O–H groups in total. The highest BCUT2D eigenvalue weighted by molar-refractivity contribution is 7.89. The van der Waals surface area contributed by atoms with Crippen LogP contribution in [-0.2, 0) is 16.4 Å². The lowest BCUT2D eigenvalue weighted by Crippen LogP contribution is -2.27. The van der Waals surface area contributed by atoms with Gasteiger partial charge in [-0.1, -0.05) is 0 Å². The largest absolute Gasteiger partial charge is 0.497 e. The third-order valence-corrected chi connectivity index (χ3v) is 5.48. The Balaban J connectivity index is 1.78. The van der Waals surface area contributed by atoms with E-state index < -0.39 is 10.0 Å². The van der Waals surface area contributed by atoms with E-state index in [4.69, 9.17) is 4.74 Å². The summed E-state index contributed by atoms with van der Waals surface area (Å²) in [6.07, 6.45) is 5.02. The lowest BCUT2D eigenvalue weighted by Gasteiger charge is -2.13. The van der Waals surface area contributed by atoms with E-state index in [9.17, 15) is 8.42 Å². The lowest BCUT2D eigenvalue weighted by atomic mass is 10.1. The Morgan fingerprint density at radius 1 is 1.19 bits per heavy atom. The first-order valence-electron chi connectivity index (χ1n) is 7.51. The molecule has 0 radical (unpaired) electrons. The highest BCUT2D eigenvalue weighted by Crippen LogP contribution is 2.26. The number of rotatable bonds is 8. The second kappa shape index (κ2) is 5.94. The highest BCUT2D eigenvalue weighted by atomic mass is 32.2. The maximum atomic E-state index is 12.4. The maximum absolute atomic E-state index is 12.4. The fourth-order valence-corrected chi connectivity index (χ4v) is 3.88. The van der Waals surface area contributed by atoms with Crippen LogP contribution in [-0.4, -0.2) is 34.2 Å². The summed E-state index contributed by atoms with van der Waals surface area (Å²) < 4.78 is 32.8. The number of hydrogen-bond donors (Lipinski definition) is 2. The first kappa shape index (κ1) is 14.8. The van der Waals surface area contributed by atoms with Crippen molar-refractivity contribution in [3.05, 3.63) is 23.8 Å². The molecule has 2 saturated carbocycles. The SMILES string of the molecule is COc1ccc(S(=O)(=O)NC2CC2)c(CCNC2CC2)c1. The van der Waals surface area contributed by atoms with Crippen LogP contribution in [0.2, 0.25) is 0 Å². The summed E-state index contributed by atoms with van der Waals surface area (Å²) in [6.45, 7) is 0.795. The van der Waals surface area contributed by atoms with Gasteiger partial charge in [-0.15, -0.1) is 0 Å². The fourth-order valence-electron chi connectivity index (χ4n) is 2.32. The van der Waals surface area contributed by atoms with E-state index in [1.807, 2.05) is 6.07 Å². The van der Waals surface area contributed by atoms with E-state index in [1.165, 1.54) is 12.8 Å². The predicted octanol–water partition coefficient (Wildman–Crippen LogP) is 1.43. The Morgan fingerprint density at radius 2 is 1.90 bits per heavy atom. The number of ether oxygens (including phenoxy) is 1. The Hall–Kier alpha value is -1.11. The standard InChI is InChI=1S/C15H22N2O3S/c1-20-14-6-7-15(21(18,19)17-13-4-5-13)11(10-14)8-9-16-12-2-3-12/h6-7,10,12-13,16-17H,2-5,8-9H2,1H3. The molecular formula is C15H22N2O3S. The molecule has 1 aromatic rings. The van der Waals surface area contributed by atoms with Gasteiger partial charge in [-0.05, 0) is 62.4 Å². The molecule has 0 amide bonds. The van der Waals surface area contributed by atoms with Gasteiger partial charge >= 0.3 is 0 Å². The van der Waals surface area contributed by atoms with Crippen LogP contribution in [0.3, 0.4) is 0 Å². The molecule has 0 aromatic heterocycles. The van der Waals surface area contributed by atoms with Gasteiger partial charge in [0, 0.05) is 12.1 Å². The average Bonchev–Trinajstić information content (AvgIpc) is 3.34. The van der Waals surface area contributed by atoms with E-state index in [1.54, 1.807) is 19.2 Å². The molecule has 0 aliphatic heterocycles. The molecule has 0 spiro atoms. The Labute approximate surface area is 126 Å². The number of sulfonamides is 1. The van der Waals surface area contributed by atoms with Crippen LogP contribution < -0.4 is 14.8 Å². The molecule has 0 unspecified atom stereocenters. The zero-order valence-electron chi connectivity index (χ0n) is 12.3. The van der Waals surface area contributed by atoms with Gasteiger partial charge < -0.3 is 10.1 Å². The average molecular weight is 310 g/mol. The Morgan fingerprint density at radius 3 is 2.52 bits per heavy atom. The van der Waals surface area contributed by atoms with Crippen molar-refractivity contribution in [1.82, 2.24) is 10.0 Å². The lowest BCUT2D eigenvalue weighted by molar-refractivity contribution is 0.413. The van der Waals surface area contributed by atoms with E-state index in [2.05, 4.69) is 10.0 Å². The molecule has 2 aliphatic rings. The minimum Gasteiger partial charge on any atom is -0.497 e. The molecule has 0 bridgehead atoms. The van der Waals surface area contributed by atoms with Gasteiger partial charge in [0.1, 0.15) is 5.75 Å². The molecule has 0 atom stereocenters. The van der Waals surface area contributed by atoms with Gasteiger partial charge in [0.2, 0.25) is 10.0 Å². The van der Waals surface area contributed by atoms with Crippen molar-refractivity contribution < 1.29 is 13.2 Å². The van der Waals surface area contributed by atoms with Gasteiger partial charge in [0.15, 0.2) is 0 Å². The van der Waals surface area contributed by atoms with Crippen molar-refractivity contribution in [3.8, 4) is 5.75 Å². The van der Waals surface area contributed by atoms with E-state index >= 15 is 0 Å². The minimum atomic E-state index is -3.42. The van der Waals surface area contributed by atoms with Gasteiger partial charge in [0.05, 0.1) is 12.0 Å². The highest BCUT2D eigenvalue weighted by Gasteiger charge is 2.29. The van der Waals surface area contributed by atoms with Gasteiger partial charge in [-0.25, -0.2) is 13.1 Å². The molecule has 2 aliphatic carbocycles. The Kier molecular flexibility index (Phi) is 4.19. The monoisotopic (exact) mass is 310 g/mol. The van der Waals surface area contributed by atoms with Crippen LogP contribution in [0.4, 0.5) is 0 Å². The molecule has 6 heteroatoms. The normalized spacial score (nSPS) is 18.7. The number of methoxy groups -OCH3 is 1. The fraction of sp³-hybridized carbons (Fsp3) is 0.600. The smallest absolute Gasteiger partial charge is 0.241 e. The van der Waals surface area contributed by atoms with Crippen LogP contribution in [0.5, 0.6) is 5.75 Å². The van der Waals surface area contributed by atoms with Gasteiger partial charge in [-0.2, -0.15) is 0 Å². The maximum Gasteiger partial charge on any atom is 0.241 e. The zero-order chi connectivity index (χ0) is 14.9. The topological polar surface area (TPSA) is 67.4 Å². The van der Waals surface area contributed by atoms with Crippen LogP contribution >= 0.6 is 0 Å². The zero-order valence-corrected chi connectivity index (χ0v) is 13.1. The summed E-state index contributed by atoms with van der Waals surface area (Å²) in [7, 11) is -1.83. The van der Waals surface area contributed by atoms with Crippen LogP contribution in [0, 0.1) is 0 Å². The summed E-state index contributed by atoms with van der Waals surface area (Å²) in [4.78, 5) is 0.382. The Bertz CT molecular complexity index is 607. The summed E-state index contributed by atoms with van der Waals surface area (Å²) >= 11 is 0. The number of benzene rings is 1. The molecular weight excluding hydrogens is 288 g/mol. The second-order valence-corrected chi connectivity index (χ2v) is 7.53. The molecule has 2 fully saturated rings. The van der Waals surface area contributed by atoms with Crippen molar-refractivity contribution in [2.45, 2.75) is 49.1 Å². The van der Waals surface area contributed by atoms with Crippen LogP contribution in [0.1, 0.15) is 31.2 Å². The third kappa shape index (κ3) is 3.96. The molecule has 116 valence electrons. The summed E-state index contributed by atoms with van der Waals surface area (Å²) in [6, 6.07) is 5.93. The molecule has 3 rings (SSSR count). The minimum absolute atomic E-state index is 0.120. The molecule has 0 saturated heterocycles. The van der Waals surface area contributed by atoms with Crippen LogP contribution in [0.15, 0.2) is 23.1 Å². The van der Waals surface area contributed by atoms with Crippen molar-refractivity contribution in [2.75, 3.05) is 13.7 Å². The van der Waals surface area contributed by atoms with Gasteiger partial charge in [-0.3, -0.25) is 0 Å². The first-order valence-corrected chi connectivity index (χ1v) is 8.99. The van der Waals surface area contributed by atoms with E-state index in [-0.39, 0.29) is 6.04 Å². The van der Waals surface area contributed by atoms with E-state index in [0.29, 0.717) is 23.1 Å². The summed E-state index contributed by atoms with van der Waals surface area (Å²) in [5, 5.41) is 3.42. The molecule has 5 nitrogen and oxygen atoms in total. The van der Waals surface area contributed by atoms with Crippen molar-refractivity contribution in [3.63, 3.8) is 0 Å². The quantitative estimate of drug-likeness (QED) is 0.762. The molecule has 1 aromatic carbocycles. The molecule has 0 heterocycles. The van der Waals surface area contributed by atoms with Gasteiger partial charge in [0.25, 0.3) is 0 Å². The number of hydrogen-bond acceptors (Lipinski definition) is 4. The number of nitrogens with one attached hydrogen (secondary N) is 2. The van der Waals surface area contributed by atoms with E-state index in [0.717, 1.165) is 24.9 Å². The molecule has 21 heavy (non-hydrogen) atoms. The third-order valence-electron chi connectivity index (χ3n) is 3.86.